The van der Waals surface area contributed by atoms with E-state index in [4.69, 9.17) is 5.11 Å². The molecular weight excluding hydrogens is 226 g/mol. The Hall–Kier alpha value is -1.29. The van der Waals surface area contributed by atoms with Crippen molar-refractivity contribution in [3.8, 4) is 0 Å². The first-order valence-electron chi connectivity index (χ1n) is 6.90. The molecule has 1 rings (SSSR count). The van der Waals surface area contributed by atoms with E-state index < -0.39 is 0 Å². The van der Waals surface area contributed by atoms with Gasteiger partial charge in [0.15, 0.2) is 0 Å². The van der Waals surface area contributed by atoms with Gasteiger partial charge in [-0.1, -0.05) is 19.8 Å². The lowest BCUT2D eigenvalue weighted by Gasteiger charge is -2.09. The SMILES string of the molecule is CCCNc1cncc(NCCCCCCO)c1. The molecule has 1 aromatic rings. The van der Waals surface area contributed by atoms with Crippen LogP contribution in [0, 0.1) is 0 Å². The van der Waals surface area contributed by atoms with Gasteiger partial charge < -0.3 is 15.7 Å². The average molecular weight is 251 g/mol. The summed E-state index contributed by atoms with van der Waals surface area (Å²) in [6, 6.07) is 2.09. The lowest BCUT2D eigenvalue weighted by atomic mass is 10.2. The number of nitrogens with zero attached hydrogens (tertiary/aromatic N) is 1. The van der Waals surface area contributed by atoms with E-state index in [-0.39, 0.29) is 0 Å². The van der Waals surface area contributed by atoms with Crippen LogP contribution in [0.1, 0.15) is 39.0 Å². The van der Waals surface area contributed by atoms with Gasteiger partial charge >= 0.3 is 0 Å². The molecule has 0 aliphatic heterocycles. The number of hydrogen-bond acceptors (Lipinski definition) is 4. The Balaban J connectivity index is 2.20. The Labute approximate surface area is 110 Å². The molecule has 0 fully saturated rings. The van der Waals surface area contributed by atoms with Gasteiger partial charge in [-0.25, -0.2) is 0 Å². The van der Waals surface area contributed by atoms with Crippen molar-refractivity contribution in [2.24, 2.45) is 0 Å². The molecule has 3 N–H and O–H groups in total. The number of aliphatic hydroxyl groups excluding tert-OH is 1. The predicted octanol–water partition coefficient (Wildman–Crippen LogP) is 2.87. The third kappa shape index (κ3) is 6.45. The summed E-state index contributed by atoms with van der Waals surface area (Å²) in [5, 5.41) is 15.4. The zero-order valence-corrected chi connectivity index (χ0v) is 11.3. The number of nitrogens with one attached hydrogen (secondary N) is 2. The van der Waals surface area contributed by atoms with Gasteiger partial charge in [-0.2, -0.15) is 0 Å². The van der Waals surface area contributed by atoms with Crippen LogP contribution < -0.4 is 10.6 Å². The highest BCUT2D eigenvalue weighted by atomic mass is 16.2. The molecule has 0 unspecified atom stereocenters. The molecule has 102 valence electrons. The molecule has 0 bridgehead atoms. The third-order valence-electron chi connectivity index (χ3n) is 2.73. The van der Waals surface area contributed by atoms with Crippen molar-refractivity contribution < 1.29 is 5.11 Å². The number of aromatic nitrogens is 1. The van der Waals surface area contributed by atoms with Crippen molar-refractivity contribution in [1.29, 1.82) is 0 Å². The fraction of sp³-hybridized carbons (Fsp3) is 0.643. The van der Waals surface area contributed by atoms with Crippen LogP contribution in [0.15, 0.2) is 18.5 Å². The molecule has 0 saturated heterocycles. The van der Waals surface area contributed by atoms with E-state index >= 15 is 0 Å². The standard InChI is InChI=1S/C14H25N3O/c1-2-7-16-13-10-14(12-15-11-13)17-8-5-3-4-6-9-18/h10-12,16-18H,2-9H2,1H3. The van der Waals surface area contributed by atoms with Gasteiger partial charge in [-0.3, -0.25) is 4.98 Å². The monoisotopic (exact) mass is 251 g/mol. The second-order valence-corrected chi connectivity index (χ2v) is 4.45. The minimum absolute atomic E-state index is 0.308. The zero-order chi connectivity index (χ0) is 13.1. The van der Waals surface area contributed by atoms with Gasteiger partial charge in [0.05, 0.1) is 23.8 Å². The molecule has 0 aliphatic rings. The lowest BCUT2D eigenvalue weighted by molar-refractivity contribution is 0.283. The van der Waals surface area contributed by atoms with Gasteiger partial charge in [-0.05, 0) is 25.3 Å². The largest absolute Gasteiger partial charge is 0.396 e. The number of aliphatic hydroxyl groups is 1. The highest BCUT2D eigenvalue weighted by molar-refractivity contribution is 5.53. The van der Waals surface area contributed by atoms with Crippen LogP contribution in [0.4, 0.5) is 11.4 Å². The smallest absolute Gasteiger partial charge is 0.0547 e. The highest BCUT2D eigenvalue weighted by Crippen LogP contribution is 2.13. The van der Waals surface area contributed by atoms with Crippen LogP contribution in [-0.4, -0.2) is 29.8 Å². The molecule has 1 heterocycles. The van der Waals surface area contributed by atoms with Crippen molar-refractivity contribution in [1.82, 2.24) is 4.98 Å². The minimum atomic E-state index is 0.308. The van der Waals surface area contributed by atoms with Crippen LogP contribution in [-0.2, 0) is 0 Å². The van der Waals surface area contributed by atoms with Crippen molar-refractivity contribution in [3.05, 3.63) is 18.5 Å². The van der Waals surface area contributed by atoms with E-state index in [0.29, 0.717) is 6.61 Å². The van der Waals surface area contributed by atoms with Gasteiger partial charge in [0.1, 0.15) is 0 Å². The van der Waals surface area contributed by atoms with E-state index in [9.17, 15) is 0 Å². The van der Waals surface area contributed by atoms with Crippen LogP contribution >= 0.6 is 0 Å². The summed E-state index contributed by atoms with van der Waals surface area (Å²) < 4.78 is 0. The molecule has 18 heavy (non-hydrogen) atoms. The summed E-state index contributed by atoms with van der Waals surface area (Å²) in [5.74, 6) is 0. The number of pyridine rings is 1. The van der Waals surface area contributed by atoms with Crippen molar-refractivity contribution in [3.63, 3.8) is 0 Å². The second kappa shape index (κ2) is 9.71. The highest BCUT2D eigenvalue weighted by Gasteiger charge is 1.96. The molecule has 1 aromatic heterocycles. The Morgan fingerprint density at radius 2 is 1.67 bits per heavy atom. The van der Waals surface area contributed by atoms with Crippen LogP contribution in [0.3, 0.4) is 0 Å². The molecule has 0 aromatic carbocycles. The molecule has 4 nitrogen and oxygen atoms in total. The quantitative estimate of drug-likeness (QED) is 0.560. The summed E-state index contributed by atoms with van der Waals surface area (Å²) in [6.45, 7) is 4.40. The Kier molecular flexibility index (Phi) is 7.97. The number of anilines is 2. The van der Waals surface area contributed by atoms with Crippen LogP contribution in [0.5, 0.6) is 0 Å². The second-order valence-electron chi connectivity index (χ2n) is 4.45. The summed E-state index contributed by atoms with van der Waals surface area (Å²) >= 11 is 0. The number of rotatable bonds is 10. The normalized spacial score (nSPS) is 10.3. The first-order valence-corrected chi connectivity index (χ1v) is 6.90. The van der Waals surface area contributed by atoms with Crippen molar-refractivity contribution in [2.45, 2.75) is 39.0 Å². The fourth-order valence-electron chi connectivity index (χ4n) is 1.73. The number of hydrogen-bond donors (Lipinski definition) is 3. The molecular formula is C14H25N3O. The van der Waals surface area contributed by atoms with Crippen molar-refractivity contribution >= 4 is 11.4 Å². The van der Waals surface area contributed by atoms with Gasteiger partial charge in [0.25, 0.3) is 0 Å². The lowest BCUT2D eigenvalue weighted by Crippen LogP contribution is -2.04. The molecule has 0 saturated carbocycles. The van der Waals surface area contributed by atoms with Crippen LogP contribution in [0.25, 0.3) is 0 Å². The minimum Gasteiger partial charge on any atom is -0.396 e. The van der Waals surface area contributed by atoms with Crippen molar-refractivity contribution in [2.75, 3.05) is 30.3 Å². The summed E-state index contributed by atoms with van der Waals surface area (Å²) in [4.78, 5) is 4.21. The maximum absolute atomic E-state index is 8.67. The fourth-order valence-corrected chi connectivity index (χ4v) is 1.73. The van der Waals surface area contributed by atoms with E-state index in [1.165, 1.54) is 0 Å². The molecule has 4 heteroatoms. The average Bonchev–Trinajstić information content (AvgIpc) is 2.41. The number of unbranched alkanes of at least 4 members (excludes halogenated alkanes) is 3. The molecule has 0 radical (unpaired) electrons. The summed E-state index contributed by atoms with van der Waals surface area (Å²) in [7, 11) is 0. The molecule has 0 atom stereocenters. The molecule has 0 aliphatic carbocycles. The van der Waals surface area contributed by atoms with E-state index in [1.807, 2.05) is 12.4 Å². The maximum Gasteiger partial charge on any atom is 0.0547 e. The van der Waals surface area contributed by atoms with E-state index in [0.717, 1.165) is 56.6 Å². The maximum atomic E-state index is 8.67. The van der Waals surface area contributed by atoms with Gasteiger partial charge in [0.2, 0.25) is 0 Å². The first kappa shape index (κ1) is 14.8. The Morgan fingerprint density at radius 1 is 1.00 bits per heavy atom. The summed E-state index contributed by atoms with van der Waals surface area (Å²) in [6.07, 6.45) is 9.13. The first-order chi connectivity index (χ1) is 8.86. The van der Waals surface area contributed by atoms with Gasteiger partial charge in [0, 0.05) is 19.7 Å². The topological polar surface area (TPSA) is 57.2 Å². The van der Waals surface area contributed by atoms with Crippen LogP contribution in [0.2, 0.25) is 0 Å². The summed E-state index contributed by atoms with van der Waals surface area (Å²) in [5.41, 5.74) is 2.14. The Morgan fingerprint density at radius 3 is 2.33 bits per heavy atom. The van der Waals surface area contributed by atoms with Gasteiger partial charge in [-0.15, -0.1) is 0 Å². The zero-order valence-electron chi connectivity index (χ0n) is 11.3. The van der Waals surface area contributed by atoms with E-state index in [2.05, 4.69) is 28.6 Å². The third-order valence-corrected chi connectivity index (χ3v) is 2.73. The van der Waals surface area contributed by atoms with E-state index in [1.54, 1.807) is 0 Å². The molecule has 0 amide bonds. The molecule has 0 spiro atoms. The Bertz CT molecular complexity index is 318. The predicted molar refractivity (Wildman–Crippen MR) is 77.1 cm³/mol.